The highest BCUT2D eigenvalue weighted by atomic mass is 16.2. The van der Waals surface area contributed by atoms with Crippen molar-refractivity contribution in [2.24, 2.45) is 11.8 Å². The molecule has 0 N–H and O–H groups in total. The highest BCUT2D eigenvalue weighted by Crippen LogP contribution is 2.29. The molecule has 2 heteroatoms. The predicted molar refractivity (Wildman–Crippen MR) is 75.2 cm³/mol. The zero-order valence-electron chi connectivity index (χ0n) is 11.7. The molecular formula is C16H25NO. The Morgan fingerprint density at radius 2 is 2.00 bits per heavy atom. The minimum absolute atomic E-state index is 0.294. The average molecular weight is 247 g/mol. The molecule has 0 bridgehead atoms. The van der Waals surface area contributed by atoms with Crippen molar-refractivity contribution in [1.29, 1.82) is 0 Å². The third-order valence-corrected chi connectivity index (χ3v) is 4.45. The van der Waals surface area contributed by atoms with Crippen LogP contribution in [0.25, 0.3) is 0 Å². The normalized spacial score (nSPS) is 25.8. The van der Waals surface area contributed by atoms with Crippen molar-refractivity contribution in [1.82, 2.24) is 4.90 Å². The number of carbonyl (C=O) groups is 1. The average Bonchev–Trinajstić information content (AvgIpc) is 2.39. The topological polar surface area (TPSA) is 20.3 Å². The maximum Gasteiger partial charge on any atom is 0.249 e. The molecule has 18 heavy (non-hydrogen) atoms. The van der Waals surface area contributed by atoms with Crippen molar-refractivity contribution >= 4 is 5.91 Å². The van der Waals surface area contributed by atoms with Gasteiger partial charge in [0.25, 0.3) is 0 Å². The van der Waals surface area contributed by atoms with Gasteiger partial charge in [-0.25, -0.2) is 0 Å². The van der Waals surface area contributed by atoms with Gasteiger partial charge < -0.3 is 4.90 Å². The second-order valence-electron chi connectivity index (χ2n) is 6.02. The van der Waals surface area contributed by atoms with Gasteiger partial charge in [-0.15, -0.1) is 0 Å². The Balaban J connectivity index is 1.92. The molecule has 0 saturated carbocycles. The maximum atomic E-state index is 12.4. The molecule has 2 aliphatic rings. The van der Waals surface area contributed by atoms with Crippen LogP contribution < -0.4 is 0 Å². The van der Waals surface area contributed by atoms with Crippen molar-refractivity contribution in [2.75, 3.05) is 13.1 Å². The van der Waals surface area contributed by atoms with Crippen LogP contribution in [0.4, 0.5) is 0 Å². The number of hydrogen-bond acceptors (Lipinski definition) is 1. The molecule has 1 atom stereocenters. The van der Waals surface area contributed by atoms with E-state index in [0.29, 0.717) is 11.8 Å². The first-order chi connectivity index (χ1) is 8.58. The van der Waals surface area contributed by atoms with E-state index in [9.17, 15) is 4.79 Å². The summed E-state index contributed by atoms with van der Waals surface area (Å²) >= 11 is 0. The monoisotopic (exact) mass is 247 g/mol. The summed E-state index contributed by atoms with van der Waals surface area (Å²) in [7, 11) is 0. The Hall–Kier alpha value is -1.05. The van der Waals surface area contributed by atoms with Gasteiger partial charge >= 0.3 is 0 Å². The van der Waals surface area contributed by atoms with Crippen molar-refractivity contribution < 1.29 is 4.79 Å². The lowest BCUT2D eigenvalue weighted by molar-refractivity contribution is -0.128. The zero-order valence-corrected chi connectivity index (χ0v) is 11.7. The Morgan fingerprint density at radius 3 is 2.50 bits per heavy atom. The van der Waals surface area contributed by atoms with Gasteiger partial charge in [-0.1, -0.05) is 25.2 Å². The minimum atomic E-state index is 0.294. The maximum absolute atomic E-state index is 12.4. The molecule has 1 fully saturated rings. The number of nitrogens with zero attached hydrogens (tertiary/aromatic N) is 1. The number of hydrogen-bond donors (Lipinski definition) is 0. The van der Waals surface area contributed by atoms with Crippen LogP contribution >= 0.6 is 0 Å². The minimum Gasteiger partial charge on any atom is -0.339 e. The van der Waals surface area contributed by atoms with Gasteiger partial charge in [0.15, 0.2) is 0 Å². The van der Waals surface area contributed by atoms with Crippen molar-refractivity contribution in [2.45, 2.75) is 46.0 Å². The highest BCUT2D eigenvalue weighted by molar-refractivity contribution is 5.93. The molecule has 0 aromatic heterocycles. The van der Waals surface area contributed by atoms with Crippen molar-refractivity contribution in [3.63, 3.8) is 0 Å². The van der Waals surface area contributed by atoms with E-state index in [-0.39, 0.29) is 0 Å². The number of rotatable bonds is 2. The van der Waals surface area contributed by atoms with E-state index in [2.05, 4.69) is 26.5 Å². The second-order valence-corrected chi connectivity index (χ2v) is 6.02. The fourth-order valence-electron chi connectivity index (χ4n) is 2.89. The first-order valence-corrected chi connectivity index (χ1v) is 7.21. The number of piperidine rings is 1. The Morgan fingerprint density at radius 1 is 1.33 bits per heavy atom. The van der Waals surface area contributed by atoms with Gasteiger partial charge in [0, 0.05) is 18.7 Å². The van der Waals surface area contributed by atoms with E-state index in [0.717, 1.165) is 56.7 Å². The number of allylic oxidation sites excluding steroid dienone is 2. The fraction of sp³-hybridized carbons (Fsp3) is 0.688. The van der Waals surface area contributed by atoms with E-state index in [1.807, 2.05) is 4.90 Å². The van der Waals surface area contributed by atoms with Crippen LogP contribution in [-0.2, 0) is 4.79 Å². The SMILES string of the molecule is C=C(C)[C@@H]1CC=C(C(=O)N2CCC(C)CC2)CC1. The molecule has 0 radical (unpaired) electrons. The third-order valence-electron chi connectivity index (χ3n) is 4.45. The predicted octanol–water partition coefficient (Wildman–Crippen LogP) is 3.55. The molecule has 0 aromatic rings. The summed E-state index contributed by atoms with van der Waals surface area (Å²) < 4.78 is 0. The molecule has 1 amide bonds. The zero-order chi connectivity index (χ0) is 13.1. The van der Waals surface area contributed by atoms with E-state index in [1.54, 1.807) is 0 Å². The van der Waals surface area contributed by atoms with E-state index >= 15 is 0 Å². The standard InChI is InChI=1S/C16H25NO/c1-12(2)14-4-6-15(7-5-14)16(18)17-10-8-13(3)9-11-17/h6,13-14H,1,4-5,7-11H2,2-3H3/t14-/m1/s1. The molecule has 0 aromatic carbocycles. The van der Waals surface area contributed by atoms with Crippen molar-refractivity contribution in [3.8, 4) is 0 Å². The molecule has 1 saturated heterocycles. The molecule has 1 heterocycles. The molecule has 100 valence electrons. The first kappa shape index (κ1) is 13.4. The van der Waals surface area contributed by atoms with Gasteiger partial charge in [0.05, 0.1) is 0 Å². The second kappa shape index (κ2) is 5.73. The van der Waals surface area contributed by atoms with Gasteiger partial charge in [0.1, 0.15) is 0 Å². The lowest BCUT2D eigenvalue weighted by Gasteiger charge is -2.32. The van der Waals surface area contributed by atoms with Gasteiger partial charge in [0.2, 0.25) is 5.91 Å². The summed E-state index contributed by atoms with van der Waals surface area (Å²) in [4.78, 5) is 14.4. The smallest absolute Gasteiger partial charge is 0.249 e. The summed E-state index contributed by atoms with van der Waals surface area (Å²) in [6.45, 7) is 10.3. The molecule has 0 spiro atoms. The Labute approximate surface area is 111 Å². The number of amides is 1. The highest BCUT2D eigenvalue weighted by Gasteiger charge is 2.25. The van der Waals surface area contributed by atoms with Crippen LogP contribution in [0.5, 0.6) is 0 Å². The summed E-state index contributed by atoms with van der Waals surface area (Å²) in [6.07, 6.45) is 7.50. The molecular weight excluding hydrogens is 222 g/mol. The largest absolute Gasteiger partial charge is 0.339 e. The van der Waals surface area contributed by atoms with Gasteiger partial charge in [-0.05, 0) is 50.9 Å². The Bertz CT molecular complexity index is 361. The first-order valence-electron chi connectivity index (χ1n) is 7.21. The summed E-state index contributed by atoms with van der Waals surface area (Å²) in [6, 6.07) is 0. The molecule has 2 rings (SSSR count). The molecule has 1 aliphatic heterocycles. The van der Waals surface area contributed by atoms with Crippen LogP contribution in [-0.4, -0.2) is 23.9 Å². The van der Waals surface area contributed by atoms with E-state index < -0.39 is 0 Å². The van der Waals surface area contributed by atoms with Crippen LogP contribution in [0.3, 0.4) is 0 Å². The lowest BCUT2D eigenvalue weighted by Crippen LogP contribution is -2.39. The van der Waals surface area contributed by atoms with E-state index in [4.69, 9.17) is 0 Å². The van der Waals surface area contributed by atoms with Gasteiger partial charge in [-0.2, -0.15) is 0 Å². The summed E-state index contributed by atoms with van der Waals surface area (Å²) in [5.74, 6) is 1.66. The summed E-state index contributed by atoms with van der Waals surface area (Å²) in [5.41, 5.74) is 2.30. The number of carbonyl (C=O) groups excluding carboxylic acids is 1. The van der Waals surface area contributed by atoms with Crippen LogP contribution in [0.15, 0.2) is 23.8 Å². The van der Waals surface area contributed by atoms with Crippen LogP contribution in [0.2, 0.25) is 0 Å². The quantitative estimate of drug-likeness (QED) is 0.683. The molecule has 0 unspecified atom stereocenters. The summed E-state index contributed by atoms with van der Waals surface area (Å²) in [5, 5.41) is 0. The Kier molecular flexibility index (Phi) is 4.26. The van der Waals surface area contributed by atoms with Crippen molar-refractivity contribution in [3.05, 3.63) is 23.8 Å². The molecule has 1 aliphatic carbocycles. The molecule has 2 nitrogen and oxygen atoms in total. The third kappa shape index (κ3) is 3.04. The fourth-order valence-corrected chi connectivity index (χ4v) is 2.89. The van der Waals surface area contributed by atoms with Crippen LogP contribution in [0, 0.1) is 11.8 Å². The number of likely N-dealkylation sites (tertiary alicyclic amines) is 1. The van der Waals surface area contributed by atoms with E-state index in [1.165, 1.54) is 5.57 Å². The lowest BCUT2D eigenvalue weighted by atomic mass is 9.85. The van der Waals surface area contributed by atoms with Gasteiger partial charge in [-0.3, -0.25) is 4.79 Å². The van der Waals surface area contributed by atoms with Crippen LogP contribution in [0.1, 0.15) is 46.0 Å².